The Morgan fingerprint density at radius 1 is 0.375 bits per heavy atom. The summed E-state index contributed by atoms with van der Waals surface area (Å²) in [6, 6.07) is 31.9. The fraction of sp³-hybridized carbons (Fsp3) is 0.0952. The van der Waals surface area contributed by atoms with Crippen LogP contribution in [0.3, 0.4) is 0 Å². The first-order valence-electron chi connectivity index (χ1n) is 25.6. The summed E-state index contributed by atoms with van der Waals surface area (Å²) in [6.45, 7) is 6.40. The van der Waals surface area contributed by atoms with Crippen molar-refractivity contribution in [2.75, 3.05) is 42.7 Å². The number of rotatable bonds is 21. The van der Waals surface area contributed by atoms with Crippen LogP contribution in [-0.4, -0.2) is 128 Å². The summed E-state index contributed by atoms with van der Waals surface area (Å²) in [7, 11) is 3.63. The van der Waals surface area contributed by atoms with E-state index >= 15 is 0 Å². The minimum Gasteiger partial charge on any atom is -0.507 e. The number of hydrogen-bond acceptors (Lipinski definition) is 24. The molecule has 0 saturated heterocycles. The van der Waals surface area contributed by atoms with Crippen LogP contribution in [0.25, 0.3) is 0 Å². The fourth-order valence-electron chi connectivity index (χ4n) is 7.99. The number of phenols is 8. The lowest BCUT2D eigenvalue weighted by Crippen LogP contribution is -2.21. The van der Waals surface area contributed by atoms with E-state index in [0.717, 1.165) is 60.9 Å². The zero-order valence-electron chi connectivity index (χ0n) is 46.9. The van der Waals surface area contributed by atoms with E-state index in [1.54, 1.807) is 17.0 Å². The Hall–Kier alpha value is -12.4. The molecule has 0 heterocycles. The highest BCUT2D eigenvalue weighted by Crippen LogP contribution is 2.35. The highest BCUT2D eigenvalue weighted by Gasteiger charge is 2.23. The van der Waals surface area contributed by atoms with Crippen LogP contribution in [0.1, 0.15) is 87.9 Å². The summed E-state index contributed by atoms with van der Waals surface area (Å²) >= 11 is 0. The molecule has 0 saturated carbocycles. The highest BCUT2D eigenvalue weighted by atomic mass is 16.5. The molecular weight excluding hydrogens is 1150 g/mol. The van der Waals surface area contributed by atoms with E-state index in [-0.39, 0.29) is 133 Å². The summed E-state index contributed by atoms with van der Waals surface area (Å²) in [6.07, 6.45) is 0. The van der Waals surface area contributed by atoms with Crippen LogP contribution >= 0.6 is 0 Å². The minimum absolute atomic E-state index is 0.00570. The molecule has 0 amide bonds. The minimum atomic E-state index is -1.24. The van der Waals surface area contributed by atoms with Crippen LogP contribution in [-0.2, 0) is 19.2 Å². The molecule has 25 heteroatoms. The topological polar surface area (TPSA) is 405 Å². The van der Waals surface area contributed by atoms with E-state index in [4.69, 9.17) is 10.8 Å². The number of nitrogens with zero attached hydrogens (tertiary/aromatic N) is 2. The Labute approximate surface area is 499 Å². The first-order chi connectivity index (χ1) is 41.9. The number of phenolic OH excluding ortho intramolecular Hbond substituents is 8. The van der Waals surface area contributed by atoms with Gasteiger partial charge in [0.05, 0.1) is 50.1 Å². The molecule has 8 aromatic carbocycles. The van der Waals surface area contributed by atoms with Crippen molar-refractivity contribution < 1.29 is 108 Å². The van der Waals surface area contributed by atoms with Crippen molar-refractivity contribution in [3.63, 3.8) is 0 Å². The number of ether oxygens (including phenoxy) is 4. The standard InChI is InChI=1S/C18H19NO5.C16H15NO5.C15H10O7.C14H11NO5/c1-3-19(4-2)12-5-7-14(16(21)9-12)18(23)15-8-6-13(24-11-20)10-17(15)22;1-17(2)10-3-5-12(14(19)7-10)16(21)13-6-4-11(22-9-18)8-15(13)20;16-7-22-9-2-4-11(13(18)6-9)14(19)10-3-1-8(15(20)21)5-12(10)17;15-8-1-3-10(12(17)5-8)14(19)11-4-2-9(20-7-16)6-13(11)18/h5-11,21-22H,3-4H2,1-2H3;3-9,19-20H,1-2H3;1-7,17-18H,(H,20,21);1-7,17-18H,15H2. The van der Waals surface area contributed by atoms with Gasteiger partial charge in [-0.3, -0.25) is 38.4 Å². The smallest absolute Gasteiger partial charge is 0.335 e. The molecule has 8 aromatic rings. The molecule has 8 rings (SSSR count). The van der Waals surface area contributed by atoms with Gasteiger partial charge in [0.1, 0.15) is 69.0 Å². The predicted molar refractivity (Wildman–Crippen MR) is 315 cm³/mol. The third kappa shape index (κ3) is 16.9. The van der Waals surface area contributed by atoms with Crippen LogP contribution in [0, 0.1) is 0 Å². The van der Waals surface area contributed by atoms with E-state index in [2.05, 4.69) is 18.9 Å². The maximum absolute atomic E-state index is 12.5. The van der Waals surface area contributed by atoms with E-state index in [1.807, 2.05) is 32.8 Å². The monoisotopic (exact) mass is 1210 g/mol. The third-order valence-corrected chi connectivity index (χ3v) is 12.4. The second-order valence-electron chi connectivity index (χ2n) is 18.2. The number of nitrogens with two attached hydrogens (primary N) is 1. The van der Waals surface area contributed by atoms with Gasteiger partial charge in [-0.25, -0.2) is 4.79 Å². The summed E-state index contributed by atoms with van der Waals surface area (Å²) in [5.41, 5.74) is 7.06. The number of aromatic hydroxyl groups is 8. The van der Waals surface area contributed by atoms with Crippen LogP contribution < -0.4 is 34.5 Å². The molecule has 0 aliphatic heterocycles. The lowest BCUT2D eigenvalue weighted by Gasteiger charge is -2.21. The van der Waals surface area contributed by atoms with Crippen molar-refractivity contribution >= 4 is 72.1 Å². The van der Waals surface area contributed by atoms with Crippen molar-refractivity contribution in [2.45, 2.75) is 13.8 Å². The summed E-state index contributed by atoms with van der Waals surface area (Å²) in [4.78, 5) is 105. The average molecular weight is 1210 g/mol. The van der Waals surface area contributed by atoms with Gasteiger partial charge in [0.15, 0.2) is 23.1 Å². The molecular formula is C63H55N3O22. The summed E-state index contributed by atoms with van der Waals surface area (Å²) in [5.74, 6) is -5.74. The molecule has 0 bridgehead atoms. The zero-order valence-corrected chi connectivity index (χ0v) is 46.9. The lowest BCUT2D eigenvalue weighted by atomic mass is 10.00. The van der Waals surface area contributed by atoms with E-state index in [9.17, 15) is 84.0 Å². The Kier molecular flexibility index (Phi) is 23.2. The van der Waals surface area contributed by atoms with Crippen molar-refractivity contribution in [3.05, 3.63) is 196 Å². The van der Waals surface area contributed by atoms with E-state index in [1.165, 1.54) is 97.1 Å². The van der Waals surface area contributed by atoms with Gasteiger partial charge in [0.2, 0.25) is 0 Å². The van der Waals surface area contributed by atoms with Crippen molar-refractivity contribution in [3.8, 4) is 69.0 Å². The maximum Gasteiger partial charge on any atom is 0.335 e. The number of nitrogen functional groups attached to an aromatic ring is 1. The maximum atomic E-state index is 12.5. The second-order valence-corrected chi connectivity index (χ2v) is 18.2. The molecule has 0 radical (unpaired) electrons. The number of carboxylic acids is 1. The van der Waals surface area contributed by atoms with Gasteiger partial charge in [-0.15, -0.1) is 0 Å². The van der Waals surface area contributed by atoms with Crippen molar-refractivity contribution in [1.29, 1.82) is 0 Å². The molecule has 88 heavy (non-hydrogen) atoms. The first-order valence-corrected chi connectivity index (χ1v) is 25.6. The Morgan fingerprint density at radius 3 is 0.898 bits per heavy atom. The molecule has 0 fully saturated rings. The largest absolute Gasteiger partial charge is 0.507 e. The number of carbonyl (C=O) groups excluding carboxylic acids is 8. The SMILES string of the molecule is CCN(CC)c1ccc(C(=O)c2ccc(OC=O)cc2O)c(O)c1.CN(C)c1ccc(C(=O)c2ccc(OC=O)cc2O)c(O)c1.Nc1ccc(C(=O)c2ccc(OC=O)cc2O)c(O)c1.O=COc1ccc(C(=O)c2ccc(C(=O)O)cc2O)c(O)c1. The molecule has 0 spiro atoms. The number of ketones is 4. The normalized spacial score (nSPS) is 10.1. The number of carbonyl (C=O) groups is 9. The van der Waals surface area contributed by atoms with Crippen LogP contribution in [0.2, 0.25) is 0 Å². The van der Waals surface area contributed by atoms with E-state index < -0.39 is 40.6 Å². The number of hydrogen-bond donors (Lipinski definition) is 10. The summed E-state index contributed by atoms with van der Waals surface area (Å²) in [5, 5.41) is 87.9. The van der Waals surface area contributed by atoms with Gasteiger partial charge in [0.25, 0.3) is 25.9 Å². The van der Waals surface area contributed by atoms with E-state index in [0.29, 0.717) is 5.69 Å². The van der Waals surface area contributed by atoms with Crippen LogP contribution in [0.5, 0.6) is 69.0 Å². The van der Waals surface area contributed by atoms with Crippen molar-refractivity contribution in [2.24, 2.45) is 0 Å². The second kappa shape index (κ2) is 30.8. The van der Waals surface area contributed by atoms with Gasteiger partial charge in [0, 0.05) is 86.7 Å². The van der Waals surface area contributed by atoms with Gasteiger partial charge < -0.3 is 80.4 Å². The molecule has 11 N–H and O–H groups in total. The Morgan fingerprint density at radius 2 is 0.636 bits per heavy atom. The van der Waals surface area contributed by atoms with Gasteiger partial charge in [-0.1, -0.05) is 0 Å². The zero-order chi connectivity index (χ0) is 64.9. The number of anilines is 3. The molecule has 454 valence electrons. The average Bonchev–Trinajstić information content (AvgIpc) is 3.19. The molecule has 0 atom stereocenters. The predicted octanol–water partition coefficient (Wildman–Crippen LogP) is 7.65. The van der Waals surface area contributed by atoms with Crippen LogP contribution in [0.4, 0.5) is 17.1 Å². The Bertz CT molecular complexity index is 3930. The lowest BCUT2D eigenvalue weighted by molar-refractivity contribution is -0.121. The van der Waals surface area contributed by atoms with Gasteiger partial charge >= 0.3 is 5.97 Å². The molecule has 25 nitrogen and oxygen atoms in total. The number of aromatic carboxylic acids is 1. The molecule has 0 aliphatic carbocycles. The molecule has 0 aromatic heterocycles. The molecule has 0 unspecified atom stereocenters. The molecule has 0 aliphatic rings. The van der Waals surface area contributed by atoms with Crippen molar-refractivity contribution in [1.82, 2.24) is 0 Å². The fourth-order valence-corrected chi connectivity index (χ4v) is 7.99. The van der Waals surface area contributed by atoms with Crippen LogP contribution in [0.15, 0.2) is 146 Å². The van der Waals surface area contributed by atoms with Gasteiger partial charge in [-0.2, -0.15) is 0 Å². The quantitative estimate of drug-likeness (QED) is 0.0187. The summed E-state index contributed by atoms with van der Waals surface area (Å²) < 4.78 is 18.3. The number of benzene rings is 8. The van der Waals surface area contributed by atoms with Gasteiger partial charge in [-0.05, 0) is 117 Å². The third-order valence-electron chi connectivity index (χ3n) is 12.4. The highest BCUT2D eigenvalue weighted by molar-refractivity contribution is 6.15. The number of carboxylic acid groups (broad SMARTS) is 1. The Balaban J connectivity index is 0.000000214. The first kappa shape index (κ1) is 66.4.